The lowest BCUT2D eigenvalue weighted by Gasteiger charge is -2.38. The summed E-state index contributed by atoms with van der Waals surface area (Å²) in [5.41, 5.74) is 0.877. The van der Waals surface area contributed by atoms with Crippen LogP contribution in [0.2, 0.25) is 0 Å². The minimum Gasteiger partial charge on any atom is -0.487 e. The van der Waals surface area contributed by atoms with Crippen LogP contribution in [0.1, 0.15) is 35.2 Å². The van der Waals surface area contributed by atoms with E-state index >= 15 is 0 Å². The van der Waals surface area contributed by atoms with E-state index in [4.69, 9.17) is 18.4 Å². The minimum atomic E-state index is -0.109. The van der Waals surface area contributed by atoms with Gasteiger partial charge in [0.2, 0.25) is 11.7 Å². The van der Waals surface area contributed by atoms with Gasteiger partial charge in [0.1, 0.15) is 11.9 Å². The summed E-state index contributed by atoms with van der Waals surface area (Å²) in [6.07, 6.45) is 3.30. The number of nitrogens with zero attached hydrogens (tertiary/aromatic N) is 3. The first-order valence-electron chi connectivity index (χ1n) is 9.77. The van der Waals surface area contributed by atoms with Crippen molar-refractivity contribution in [3.05, 3.63) is 54.3 Å². The summed E-state index contributed by atoms with van der Waals surface area (Å²) in [5, 5.41) is 4.11. The molecule has 8 nitrogen and oxygen atoms in total. The Bertz CT molecular complexity index is 955. The number of benzene rings is 1. The maximum Gasteiger partial charge on any atom is 0.289 e. The topological polar surface area (TPSA) is 90.8 Å². The van der Waals surface area contributed by atoms with Gasteiger partial charge >= 0.3 is 0 Å². The van der Waals surface area contributed by atoms with Crippen molar-refractivity contribution in [3.63, 3.8) is 0 Å². The third-order valence-corrected chi connectivity index (χ3v) is 5.29. The van der Waals surface area contributed by atoms with Crippen LogP contribution >= 0.6 is 0 Å². The van der Waals surface area contributed by atoms with Gasteiger partial charge in [0.15, 0.2) is 5.76 Å². The fourth-order valence-electron chi connectivity index (χ4n) is 3.57. The molecule has 0 aliphatic carbocycles. The Morgan fingerprint density at radius 2 is 1.90 bits per heavy atom. The van der Waals surface area contributed by atoms with Crippen molar-refractivity contribution >= 4 is 5.91 Å². The van der Waals surface area contributed by atoms with Gasteiger partial charge in [-0.25, -0.2) is 0 Å². The van der Waals surface area contributed by atoms with E-state index in [1.165, 1.54) is 6.26 Å². The van der Waals surface area contributed by atoms with Crippen molar-refractivity contribution < 1.29 is 23.2 Å². The largest absolute Gasteiger partial charge is 0.487 e. The van der Waals surface area contributed by atoms with Crippen molar-refractivity contribution in [1.82, 2.24) is 15.0 Å². The Morgan fingerprint density at radius 1 is 1.10 bits per heavy atom. The Labute approximate surface area is 167 Å². The molecule has 0 saturated carbocycles. The van der Waals surface area contributed by atoms with Crippen molar-refractivity contribution in [2.24, 2.45) is 0 Å². The average Bonchev–Trinajstić information content (AvgIpc) is 3.43. The smallest absolute Gasteiger partial charge is 0.289 e. The first kappa shape index (κ1) is 17.9. The lowest BCUT2D eigenvalue weighted by Crippen LogP contribution is -2.56. The number of carbonyl (C=O) groups excluding carboxylic acids is 1. The first-order chi connectivity index (χ1) is 14.3. The molecule has 1 aromatic carbocycles. The van der Waals surface area contributed by atoms with Crippen molar-refractivity contribution in [3.8, 4) is 17.1 Å². The Balaban J connectivity index is 1.16. The van der Waals surface area contributed by atoms with Gasteiger partial charge in [0.05, 0.1) is 19.4 Å². The molecule has 0 unspecified atom stereocenters. The zero-order valence-corrected chi connectivity index (χ0v) is 15.8. The molecule has 0 bridgehead atoms. The normalized spacial score (nSPS) is 17.9. The van der Waals surface area contributed by atoms with Gasteiger partial charge in [-0.15, -0.1) is 0 Å². The van der Waals surface area contributed by atoms with Crippen LogP contribution in [0.4, 0.5) is 0 Å². The monoisotopic (exact) mass is 395 g/mol. The average molecular weight is 395 g/mol. The maximum atomic E-state index is 12.2. The third-order valence-electron chi connectivity index (χ3n) is 5.29. The van der Waals surface area contributed by atoms with Crippen molar-refractivity contribution in [2.45, 2.75) is 24.9 Å². The quantitative estimate of drug-likeness (QED) is 0.655. The summed E-state index contributed by atoms with van der Waals surface area (Å²) in [6.45, 7) is 2.56. The molecule has 4 heterocycles. The van der Waals surface area contributed by atoms with Crippen LogP contribution in [-0.4, -0.2) is 53.4 Å². The van der Waals surface area contributed by atoms with Crippen LogP contribution in [0.5, 0.6) is 5.75 Å². The van der Waals surface area contributed by atoms with Crippen LogP contribution in [-0.2, 0) is 4.74 Å². The zero-order valence-electron chi connectivity index (χ0n) is 15.8. The molecule has 29 heavy (non-hydrogen) atoms. The molecular formula is C21H21N3O5. The highest BCUT2D eigenvalue weighted by Crippen LogP contribution is 2.28. The van der Waals surface area contributed by atoms with E-state index in [0.29, 0.717) is 30.6 Å². The number of hydrogen-bond donors (Lipinski definition) is 0. The number of hydrogen-bond acceptors (Lipinski definition) is 7. The van der Waals surface area contributed by atoms with E-state index in [2.05, 4.69) is 10.1 Å². The van der Waals surface area contributed by atoms with Gasteiger partial charge in [-0.2, -0.15) is 4.98 Å². The molecule has 0 radical (unpaired) electrons. The molecular weight excluding hydrogens is 374 g/mol. The van der Waals surface area contributed by atoms with E-state index in [-0.39, 0.29) is 17.9 Å². The van der Waals surface area contributed by atoms with Crippen molar-refractivity contribution in [2.75, 3.05) is 26.3 Å². The molecule has 5 rings (SSSR count). The number of amides is 1. The van der Waals surface area contributed by atoms with Gasteiger partial charge in [-0.05, 0) is 49.2 Å². The molecule has 2 aliphatic heterocycles. The molecule has 150 valence electrons. The second-order valence-corrected chi connectivity index (χ2v) is 7.29. The maximum absolute atomic E-state index is 12.2. The summed E-state index contributed by atoms with van der Waals surface area (Å²) in [4.78, 5) is 18.4. The first-order valence-corrected chi connectivity index (χ1v) is 9.77. The Kier molecular flexibility index (Phi) is 4.77. The highest BCUT2D eigenvalue weighted by molar-refractivity contribution is 5.92. The second-order valence-electron chi connectivity index (χ2n) is 7.29. The summed E-state index contributed by atoms with van der Waals surface area (Å²) < 4.78 is 21.9. The number of carbonyl (C=O) groups is 1. The van der Waals surface area contributed by atoms with E-state index in [0.717, 1.165) is 37.4 Å². The molecule has 3 aromatic rings. The third kappa shape index (κ3) is 3.75. The predicted octanol–water partition coefficient (Wildman–Crippen LogP) is 3.13. The highest BCUT2D eigenvalue weighted by Gasteiger charge is 2.34. The lowest BCUT2D eigenvalue weighted by atomic mass is 10.0. The Hall–Kier alpha value is -3.13. The molecule has 0 spiro atoms. The molecule has 1 amide bonds. The minimum absolute atomic E-state index is 0.0231. The lowest BCUT2D eigenvalue weighted by molar-refractivity contribution is 0.0155. The van der Waals surface area contributed by atoms with Gasteiger partial charge in [-0.1, -0.05) is 5.16 Å². The van der Waals surface area contributed by atoms with E-state index in [1.54, 1.807) is 17.0 Å². The second kappa shape index (κ2) is 7.71. The standard InChI is InChI=1S/C21H21N3O5/c25-21(18-2-1-9-27-18)24-12-17(13-24)28-16-5-3-14(4-6-16)19-22-20(29-23-19)15-7-10-26-11-8-15/h1-6,9,15,17H,7-8,10-13H2. The fourth-order valence-corrected chi connectivity index (χ4v) is 3.57. The van der Waals surface area contributed by atoms with Gasteiger partial charge in [0.25, 0.3) is 5.91 Å². The van der Waals surface area contributed by atoms with E-state index < -0.39 is 0 Å². The zero-order chi connectivity index (χ0) is 19.6. The van der Waals surface area contributed by atoms with Gasteiger partial charge in [0, 0.05) is 24.7 Å². The highest BCUT2D eigenvalue weighted by atomic mass is 16.5. The number of likely N-dealkylation sites (tertiary alicyclic amines) is 1. The van der Waals surface area contributed by atoms with Gasteiger partial charge < -0.3 is 23.3 Å². The molecule has 2 saturated heterocycles. The Morgan fingerprint density at radius 3 is 2.62 bits per heavy atom. The summed E-state index contributed by atoms with van der Waals surface area (Å²) in [7, 11) is 0. The van der Waals surface area contributed by atoms with Crippen LogP contribution in [0.3, 0.4) is 0 Å². The number of ether oxygens (including phenoxy) is 2. The van der Waals surface area contributed by atoms with Gasteiger partial charge in [-0.3, -0.25) is 4.79 Å². The SMILES string of the molecule is O=C(c1ccco1)N1CC(Oc2ccc(-c3noc(C4CCOCC4)n3)cc2)C1. The summed E-state index contributed by atoms with van der Waals surface area (Å²) in [5.74, 6) is 2.53. The fraction of sp³-hybridized carbons (Fsp3) is 0.381. The van der Waals surface area contributed by atoms with Crippen LogP contribution in [0.15, 0.2) is 51.6 Å². The molecule has 2 aromatic heterocycles. The van der Waals surface area contributed by atoms with Crippen LogP contribution in [0.25, 0.3) is 11.4 Å². The van der Waals surface area contributed by atoms with Crippen LogP contribution < -0.4 is 4.74 Å². The summed E-state index contributed by atoms with van der Waals surface area (Å²) >= 11 is 0. The van der Waals surface area contributed by atoms with E-state index in [9.17, 15) is 4.79 Å². The number of rotatable bonds is 5. The molecule has 0 N–H and O–H groups in total. The van der Waals surface area contributed by atoms with Crippen molar-refractivity contribution in [1.29, 1.82) is 0 Å². The predicted molar refractivity (Wildman–Crippen MR) is 102 cm³/mol. The number of furan rings is 1. The van der Waals surface area contributed by atoms with Crippen LogP contribution in [0, 0.1) is 0 Å². The molecule has 2 fully saturated rings. The molecule has 8 heteroatoms. The van der Waals surface area contributed by atoms with E-state index in [1.807, 2.05) is 24.3 Å². The number of aromatic nitrogens is 2. The molecule has 2 aliphatic rings. The molecule has 0 atom stereocenters. The summed E-state index contributed by atoms with van der Waals surface area (Å²) in [6, 6.07) is 11.0.